The molecule has 1 saturated carbocycles. The highest BCUT2D eigenvalue weighted by Gasteiger charge is 2.32. The fourth-order valence-electron chi connectivity index (χ4n) is 4.01. The minimum Gasteiger partial charge on any atom is -0.507 e. The van der Waals surface area contributed by atoms with Gasteiger partial charge in [-0.15, -0.1) is 21.5 Å². The van der Waals surface area contributed by atoms with Crippen LogP contribution in [0.25, 0.3) is 21.3 Å². The Morgan fingerprint density at radius 3 is 2.89 bits per heavy atom. The van der Waals surface area contributed by atoms with Gasteiger partial charge in [-0.05, 0) is 62.7 Å². The molecule has 0 amide bonds. The monoisotopic (exact) mass is 381 g/mol. The van der Waals surface area contributed by atoms with Crippen LogP contribution in [0.4, 0.5) is 5.95 Å². The van der Waals surface area contributed by atoms with Gasteiger partial charge in [0, 0.05) is 34.3 Å². The molecule has 140 valence electrons. The average molecular weight is 382 g/mol. The number of phenols is 1. The van der Waals surface area contributed by atoms with E-state index in [2.05, 4.69) is 25.4 Å². The number of anilines is 1. The van der Waals surface area contributed by atoms with Gasteiger partial charge in [0.1, 0.15) is 11.4 Å². The third kappa shape index (κ3) is 3.26. The fourth-order valence-corrected chi connectivity index (χ4v) is 4.80. The number of benzene rings is 1. The summed E-state index contributed by atoms with van der Waals surface area (Å²) in [5.74, 6) is 0.830. The number of thiophene rings is 1. The maximum absolute atomic E-state index is 10.6. The molecule has 0 unspecified atom stereocenters. The molecule has 2 aliphatic rings. The molecule has 2 aromatic heterocycles. The average Bonchev–Trinajstić information content (AvgIpc) is 3.41. The Bertz CT molecular complexity index is 984. The summed E-state index contributed by atoms with van der Waals surface area (Å²) in [5.41, 5.74) is 2.09. The van der Waals surface area contributed by atoms with Gasteiger partial charge < -0.3 is 10.4 Å². The number of aryl methyl sites for hydroxylation is 1. The third-order valence-electron chi connectivity index (χ3n) is 5.57. The molecular weight excluding hydrogens is 358 g/mol. The zero-order valence-corrected chi connectivity index (χ0v) is 16.2. The van der Waals surface area contributed by atoms with Crippen molar-refractivity contribution in [1.82, 2.24) is 20.1 Å². The van der Waals surface area contributed by atoms with Gasteiger partial charge in [0.25, 0.3) is 0 Å². The van der Waals surface area contributed by atoms with Crippen molar-refractivity contribution in [2.24, 2.45) is 0 Å². The van der Waals surface area contributed by atoms with Gasteiger partial charge in [0.2, 0.25) is 5.95 Å². The van der Waals surface area contributed by atoms with Crippen LogP contribution in [0.15, 0.2) is 23.6 Å². The van der Waals surface area contributed by atoms with Crippen LogP contribution in [0.1, 0.15) is 31.4 Å². The Kier molecular flexibility index (Phi) is 4.21. The van der Waals surface area contributed by atoms with Crippen molar-refractivity contribution >= 4 is 27.4 Å². The van der Waals surface area contributed by atoms with Crippen molar-refractivity contribution in [2.45, 2.75) is 44.7 Å². The van der Waals surface area contributed by atoms with Gasteiger partial charge in [0.05, 0.1) is 5.69 Å². The van der Waals surface area contributed by atoms with E-state index in [4.69, 9.17) is 0 Å². The van der Waals surface area contributed by atoms with Crippen molar-refractivity contribution < 1.29 is 5.11 Å². The van der Waals surface area contributed by atoms with Gasteiger partial charge in [-0.25, -0.2) is 4.98 Å². The number of aromatic hydroxyl groups is 1. The third-order valence-corrected chi connectivity index (χ3v) is 6.45. The van der Waals surface area contributed by atoms with Gasteiger partial charge in [-0.3, -0.25) is 4.90 Å². The lowest BCUT2D eigenvalue weighted by molar-refractivity contribution is 0.207. The summed E-state index contributed by atoms with van der Waals surface area (Å²) in [6.07, 6.45) is 5.04. The van der Waals surface area contributed by atoms with E-state index in [-0.39, 0.29) is 5.75 Å². The lowest BCUT2D eigenvalue weighted by Gasteiger charge is -2.33. The highest BCUT2D eigenvalue weighted by molar-refractivity contribution is 7.17. The molecule has 3 aromatic rings. The van der Waals surface area contributed by atoms with Crippen LogP contribution in [0.5, 0.6) is 5.75 Å². The zero-order chi connectivity index (χ0) is 18.4. The second-order valence-corrected chi connectivity index (χ2v) is 8.52. The predicted octanol–water partition coefficient (Wildman–Crippen LogP) is 3.81. The number of phenolic OH excluding ortho intramolecular Hbond substituents is 1. The Morgan fingerprint density at radius 1 is 1.19 bits per heavy atom. The summed E-state index contributed by atoms with van der Waals surface area (Å²) in [4.78, 5) is 7.21. The van der Waals surface area contributed by atoms with E-state index in [0.717, 1.165) is 34.8 Å². The van der Waals surface area contributed by atoms with Crippen LogP contribution < -0.4 is 5.32 Å². The molecule has 2 fully saturated rings. The predicted molar refractivity (Wildman–Crippen MR) is 108 cm³/mol. The Morgan fingerprint density at radius 2 is 2.07 bits per heavy atom. The largest absolute Gasteiger partial charge is 0.507 e. The second kappa shape index (κ2) is 6.73. The molecule has 0 bridgehead atoms. The molecule has 1 atom stereocenters. The quantitative estimate of drug-likeness (QED) is 0.716. The summed E-state index contributed by atoms with van der Waals surface area (Å²) < 4.78 is 1.06. The minimum atomic E-state index is 0.251. The van der Waals surface area contributed by atoms with E-state index in [9.17, 15) is 5.11 Å². The Labute approximate surface area is 162 Å². The summed E-state index contributed by atoms with van der Waals surface area (Å²) >= 11 is 1.61. The first-order valence-corrected chi connectivity index (χ1v) is 10.5. The van der Waals surface area contributed by atoms with Crippen LogP contribution in [-0.4, -0.2) is 50.4 Å². The maximum atomic E-state index is 10.6. The van der Waals surface area contributed by atoms with Crippen molar-refractivity contribution in [1.29, 1.82) is 0 Å². The first-order chi connectivity index (χ1) is 13.2. The van der Waals surface area contributed by atoms with E-state index in [0.29, 0.717) is 23.2 Å². The lowest BCUT2D eigenvalue weighted by Crippen LogP contribution is -2.43. The first kappa shape index (κ1) is 16.9. The highest BCUT2D eigenvalue weighted by Crippen LogP contribution is 2.38. The number of hydrogen-bond acceptors (Lipinski definition) is 7. The van der Waals surface area contributed by atoms with Crippen LogP contribution >= 0.6 is 11.3 Å². The van der Waals surface area contributed by atoms with E-state index < -0.39 is 0 Å². The molecule has 1 aliphatic heterocycles. The molecule has 7 heteroatoms. The molecule has 27 heavy (non-hydrogen) atoms. The van der Waals surface area contributed by atoms with Crippen molar-refractivity contribution in [3.63, 3.8) is 0 Å². The van der Waals surface area contributed by atoms with Crippen LogP contribution in [0, 0.1) is 6.92 Å². The summed E-state index contributed by atoms with van der Waals surface area (Å²) in [7, 11) is 0. The fraction of sp³-hybridized carbons (Fsp3) is 0.450. The molecule has 1 aliphatic carbocycles. The standard InChI is InChI=1S/C20H23N5OS/c1-12-18(16-6-7-17-15(19(16)26)8-10-27-17)23-24-20(21-12)22-13-3-2-9-25(11-13)14-4-5-14/h6-8,10,13-14,26H,2-5,9,11H2,1H3,(H,21,22,24)/t13-/m1/s1. The van der Waals surface area contributed by atoms with Gasteiger partial charge >= 0.3 is 0 Å². The molecular formula is C20H23N5OS. The van der Waals surface area contributed by atoms with E-state index in [1.165, 1.54) is 25.8 Å². The topological polar surface area (TPSA) is 74.2 Å². The number of rotatable bonds is 4. The van der Waals surface area contributed by atoms with E-state index in [1.807, 2.05) is 30.5 Å². The van der Waals surface area contributed by atoms with E-state index >= 15 is 0 Å². The Hall–Kier alpha value is -2.25. The molecule has 5 rings (SSSR count). The highest BCUT2D eigenvalue weighted by atomic mass is 32.1. The number of piperidine rings is 1. The maximum Gasteiger partial charge on any atom is 0.243 e. The zero-order valence-electron chi connectivity index (χ0n) is 15.4. The lowest BCUT2D eigenvalue weighted by atomic mass is 10.1. The number of nitrogens with zero attached hydrogens (tertiary/aromatic N) is 4. The molecule has 2 N–H and O–H groups in total. The molecule has 0 spiro atoms. The molecule has 3 heterocycles. The van der Waals surface area contributed by atoms with Crippen molar-refractivity contribution in [2.75, 3.05) is 18.4 Å². The summed E-state index contributed by atoms with van der Waals surface area (Å²) in [6.45, 7) is 4.19. The molecule has 1 aromatic carbocycles. The Balaban J connectivity index is 1.37. The van der Waals surface area contributed by atoms with Crippen molar-refractivity contribution in [3.8, 4) is 17.0 Å². The van der Waals surface area contributed by atoms with E-state index in [1.54, 1.807) is 11.3 Å². The second-order valence-electron chi connectivity index (χ2n) is 7.57. The van der Waals surface area contributed by atoms with Crippen molar-refractivity contribution in [3.05, 3.63) is 29.3 Å². The van der Waals surface area contributed by atoms with Gasteiger partial charge in [-0.1, -0.05) is 0 Å². The SMILES string of the molecule is Cc1nc(N[C@@H]2CCCN(C3CC3)C2)nnc1-c1ccc2sccc2c1O. The number of aromatic nitrogens is 3. The molecule has 1 saturated heterocycles. The number of hydrogen-bond donors (Lipinski definition) is 2. The first-order valence-electron chi connectivity index (χ1n) is 9.60. The number of nitrogens with one attached hydrogen (secondary N) is 1. The number of likely N-dealkylation sites (tertiary alicyclic amines) is 1. The minimum absolute atomic E-state index is 0.251. The molecule has 6 nitrogen and oxygen atoms in total. The summed E-state index contributed by atoms with van der Waals surface area (Å²) in [6, 6.07) is 7.01. The van der Waals surface area contributed by atoms with Crippen LogP contribution in [0.2, 0.25) is 0 Å². The van der Waals surface area contributed by atoms with Gasteiger partial charge in [0.15, 0.2) is 0 Å². The summed E-state index contributed by atoms with van der Waals surface area (Å²) in [5, 5.41) is 25.6. The smallest absolute Gasteiger partial charge is 0.243 e. The normalized spacial score (nSPS) is 20.9. The van der Waals surface area contributed by atoms with Crippen LogP contribution in [-0.2, 0) is 0 Å². The molecule has 0 radical (unpaired) electrons. The van der Waals surface area contributed by atoms with Gasteiger partial charge in [-0.2, -0.15) is 0 Å². The van der Waals surface area contributed by atoms with Crippen LogP contribution in [0.3, 0.4) is 0 Å². The number of fused-ring (bicyclic) bond motifs is 1.